The molecular weight excluding hydrogens is 461 g/mol. The molecule has 3 heterocycles. The van der Waals surface area contributed by atoms with E-state index in [4.69, 9.17) is 9.26 Å². The Morgan fingerprint density at radius 1 is 1.03 bits per heavy atom. The van der Waals surface area contributed by atoms with Crippen molar-refractivity contribution in [3.8, 4) is 11.3 Å². The van der Waals surface area contributed by atoms with Gasteiger partial charge in [-0.25, -0.2) is 4.39 Å². The first kappa shape index (κ1) is 24.3. The fourth-order valence-corrected chi connectivity index (χ4v) is 4.72. The number of likely N-dealkylation sites (tertiary alicyclic amines) is 1. The van der Waals surface area contributed by atoms with Crippen LogP contribution in [0.1, 0.15) is 29.0 Å². The molecule has 0 saturated carbocycles. The van der Waals surface area contributed by atoms with Gasteiger partial charge in [-0.15, -0.1) is 0 Å². The van der Waals surface area contributed by atoms with Crippen molar-refractivity contribution in [1.82, 2.24) is 15.4 Å². The van der Waals surface area contributed by atoms with Crippen LogP contribution in [0.5, 0.6) is 0 Å². The van der Waals surface area contributed by atoms with Gasteiger partial charge in [-0.3, -0.25) is 4.79 Å². The number of anilines is 3. The van der Waals surface area contributed by atoms with Gasteiger partial charge >= 0.3 is 0 Å². The van der Waals surface area contributed by atoms with Gasteiger partial charge in [0.2, 0.25) is 5.76 Å². The highest BCUT2D eigenvalue weighted by molar-refractivity contribution is 5.92. The molecule has 2 N–H and O–H groups in total. The van der Waals surface area contributed by atoms with E-state index in [0.717, 1.165) is 55.2 Å². The van der Waals surface area contributed by atoms with Gasteiger partial charge in [-0.1, -0.05) is 11.2 Å². The molecule has 1 aromatic heterocycles. The molecule has 2 saturated heterocycles. The van der Waals surface area contributed by atoms with Crippen LogP contribution < -0.4 is 15.5 Å². The van der Waals surface area contributed by atoms with E-state index in [-0.39, 0.29) is 17.5 Å². The van der Waals surface area contributed by atoms with Crippen LogP contribution in [0.25, 0.3) is 11.3 Å². The minimum absolute atomic E-state index is 0.185. The van der Waals surface area contributed by atoms with Crippen LogP contribution in [0.2, 0.25) is 0 Å². The fraction of sp³-hybridized carbons (Fsp3) is 0.407. The molecule has 1 amide bonds. The Hall–Kier alpha value is -3.43. The Morgan fingerprint density at radius 3 is 2.64 bits per heavy atom. The van der Waals surface area contributed by atoms with Crippen LogP contribution in [-0.4, -0.2) is 68.4 Å². The lowest BCUT2D eigenvalue weighted by Crippen LogP contribution is -2.36. The summed E-state index contributed by atoms with van der Waals surface area (Å²) in [6.45, 7) is 8.32. The zero-order chi connectivity index (χ0) is 24.9. The summed E-state index contributed by atoms with van der Waals surface area (Å²) in [7, 11) is 0. The van der Waals surface area contributed by atoms with Gasteiger partial charge in [0.05, 0.1) is 13.2 Å². The van der Waals surface area contributed by atoms with Crippen molar-refractivity contribution in [2.24, 2.45) is 0 Å². The SMILES string of the molecule is Cc1ccc(Nc2cc(F)cc(N3CCOCC3)c2)cc1-c1cc(C(=O)NCCN2CCCC2)on1. The van der Waals surface area contributed by atoms with Crippen molar-refractivity contribution < 1.29 is 18.4 Å². The predicted octanol–water partition coefficient (Wildman–Crippen LogP) is 4.19. The van der Waals surface area contributed by atoms with Crippen LogP contribution in [-0.2, 0) is 4.74 Å². The summed E-state index contributed by atoms with van der Waals surface area (Å²) < 4.78 is 25.2. The molecule has 0 unspecified atom stereocenters. The molecule has 0 atom stereocenters. The first-order chi connectivity index (χ1) is 17.5. The fourth-order valence-electron chi connectivity index (χ4n) is 4.72. The third-order valence-corrected chi connectivity index (χ3v) is 6.71. The number of carbonyl (C=O) groups excluding carboxylic acids is 1. The summed E-state index contributed by atoms with van der Waals surface area (Å²) in [6, 6.07) is 12.5. The van der Waals surface area contributed by atoms with Crippen molar-refractivity contribution in [2.45, 2.75) is 19.8 Å². The number of carbonyl (C=O) groups is 1. The molecule has 2 aliphatic heterocycles. The van der Waals surface area contributed by atoms with Gasteiger partial charge in [0.15, 0.2) is 0 Å². The van der Waals surface area contributed by atoms with E-state index in [1.54, 1.807) is 12.1 Å². The number of benzene rings is 2. The second-order valence-electron chi connectivity index (χ2n) is 9.33. The molecule has 0 radical (unpaired) electrons. The Bertz CT molecular complexity index is 1200. The van der Waals surface area contributed by atoms with Crippen LogP contribution in [0.15, 0.2) is 47.0 Å². The van der Waals surface area contributed by atoms with Gasteiger partial charge in [-0.2, -0.15) is 0 Å². The molecule has 2 fully saturated rings. The van der Waals surface area contributed by atoms with Crippen molar-refractivity contribution in [3.63, 3.8) is 0 Å². The van der Waals surface area contributed by atoms with Crippen LogP contribution in [0.4, 0.5) is 21.5 Å². The van der Waals surface area contributed by atoms with Crippen LogP contribution in [0, 0.1) is 12.7 Å². The lowest BCUT2D eigenvalue weighted by molar-refractivity contribution is 0.0913. The van der Waals surface area contributed by atoms with E-state index >= 15 is 0 Å². The van der Waals surface area contributed by atoms with E-state index in [1.807, 2.05) is 31.2 Å². The molecule has 0 aliphatic carbocycles. The number of nitrogens with zero attached hydrogens (tertiary/aromatic N) is 3. The number of hydrogen-bond donors (Lipinski definition) is 2. The number of amides is 1. The molecule has 9 heteroatoms. The van der Waals surface area contributed by atoms with Crippen molar-refractivity contribution in [1.29, 1.82) is 0 Å². The molecule has 0 spiro atoms. The molecule has 8 nitrogen and oxygen atoms in total. The average molecular weight is 494 g/mol. The summed E-state index contributed by atoms with van der Waals surface area (Å²) in [6.07, 6.45) is 2.45. The second kappa shape index (κ2) is 11.1. The monoisotopic (exact) mass is 493 g/mol. The molecule has 5 rings (SSSR count). The van der Waals surface area contributed by atoms with Crippen LogP contribution in [0.3, 0.4) is 0 Å². The number of nitrogens with one attached hydrogen (secondary N) is 2. The maximum absolute atomic E-state index is 14.4. The molecule has 2 aromatic carbocycles. The second-order valence-corrected chi connectivity index (χ2v) is 9.33. The van der Waals surface area contributed by atoms with Gasteiger partial charge in [0, 0.05) is 54.9 Å². The zero-order valence-corrected chi connectivity index (χ0v) is 20.6. The summed E-state index contributed by atoms with van der Waals surface area (Å²) >= 11 is 0. The highest BCUT2D eigenvalue weighted by Gasteiger charge is 2.17. The smallest absolute Gasteiger partial charge is 0.289 e. The van der Waals surface area contributed by atoms with E-state index in [1.165, 1.54) is 18.9 Å². The Morgan fingerprint density at radius 2 is 1.83 bits per heavy atom. The quantitative estimate of drug-likeness (QED) is 0.487. The van der Waals surface area contributed by atoms with Crippen molar-refractivity contribution >= 4 is 23.0 Å². The normalized spacial score (nSPS) is 16.3. The highest BCUT2D eigenvalue weighted by Crippen LogP contribution is 2.30. The topological polar surface area (TPSA) is 82.9 Å². The minimum atomic E-state index is -0.300. The number of rotatable bonds is 8. The summed E-state index contributed by atoms with van der Waals surface area (Å²) in [4.78, 5) is 17.0. The van der Waals surface area contributed by atoms with Crippen molar-refractivity contribution in [3.05, 3.63) is 59.6 Å². The van der Waals surface area contributed by atoms with Gasteiger partial charge in [0.1, 0.15) is 11.5 Å². The number of aryl methyl sites for hydroxylation is 1. The number of hydrogen-bond acceptors (Lipinski definition) is 7. The third-order valence-electron chi connectivity index (χ3n) is 6.71. The molecule has 0 bridgehead atoms. The Labute approximate surface area is 210 Å². The molecular formula is C27H32FN5O3. The maximum Gasteiger partial charge on any atom is 0.289 e. The number of morpholine rings is 1. The Balaban J connectivity index is 1.27. The number of aromatic nitrogens is 1. The van der Waals surface area contributed by atoms with Crippen molar-refractivity contribution in [2.75, 3.05) is 62.7 Å². The minimum Gasteiger partial charge on any atom is -0.378 e. The number of ether oxygens (including phenoxy) is 1. The number of halogens is 1. The standard InChI is InChI=1S/C27H32FN5O3/c1-19-4-5-21(30-22-14-20(28)15-23(16-22)33-10-12-35-13-11-33)17-24(19)25-18-26(36-31-25)27(34)29-6-9-32-7-2-3-8-32/h4-5,14-18,30H,2-3,6-13H2,1H3,(H,29,34). The lowest BCUT2D eigenvalue weighted by atomic mass is 10.0. The summed E-state index contributed by atoms with van der Waals surface area (Å²) in [5.74, 6) is -0.384. The first-order valence-electron chi connectivity index (χ1n) is 12.5. The molecule has 36 heavy (non-hydrogen) atoms. The van der Waals surface area contributed by atoms with Gasteiger partial charge < -0.3 is 29.7 Å². The van der Waals surface area contributed by atoms with E-state index < -0.39 is 0 Å². The first-order valence-corrected chi connectivity index (χ1v) is 12.5. The Kier molecular flexibility index (Phi) is 7.48. The van der Waals surface area contributed by atoms with Crippen LogP contribution >= 0.6 is 0 Å². The summed E-state index contributed by atoms with van der Waals surface area (Å²) in [5.41, 5.74) is 4.67. The van der Waals surface area contributed by atoms with Gasteiger partial charge in [0.25, 0.3) is 5.91 Å². The lowest BCUT2D eigenvalue weighted by Gasteiger charge is -2.29. The van der Waals surface area contributed by atoms with E-state index in [0.29, 0.717) is 31.1 Å². The third kappa shape index (κ3) is 5.85. The predicted molar refractivity (Wildman–Crippen MR) is 137 cm³/mol. The maximum atomic E-state index is 14.4. The average Bonchev–Trinajstić information content (AvgIpc) is 3.58. The summed E-state index contributed by atoms with van der Waals surface area (Å²) in [5, 5.41) is 10.4. The van der Waals surface area contributed by atoms with E-state index in [9.17, 15) is 9.18 Å². The highest BCUT2D eigenvalue weighted by atomic mass is 19.1. The zero-order valence-electron chi connectivity index (χ0n) is 20.6. The van der Waals surface area contributed by atoms with Gasteiger partial charge in [-0.05, 0) is 68.8 Å². The molecule has 190 valence electrons. The van der Waals surface area contributed by atoms with E-state index in [2.05, 4.69) is 25.6 Å². The largest absolute Gasteiger partial charge is 0.378 e. The molecule has 3 aromatic rings. The molecule has 2 aliphatic rings.